The van der Waals surface area contributed by atoms with Crippen LogP contribution in [0.3, 0.4) is 0 Å². The molecule has 0 amide bonds. The molecule has 0 saturated heterocycles. The van der Waals surface area contributed by atoms with Gasteiger partial charge in [-0.1, -0.05) is 13.3 Å². The lowest BCUT2D eigenvalue weighted by molar-refractivity contribution is 0.569. The summed E-state index contributed by atoms with van der Waals surface area (Å²) in [4.78, 5) is 0. The van der Waals surface area contributed by atoms with Crippen molar-refractivity contribution in [1.82, 2.24) is 10.0 Å². The van der Waals surface area contributed by atoms with Gasteiger partial charge in [-0.25, -0.2) is 13.1 Å². The highest BCUT2D eigenvalue weighted by atomic mass is 32.2. The van der Waals surface area contributed by atoms with Gasteiger partial charge in [-0.15, -0.1) is 0 Å². The normalized spacial score (nSPS) is 11.9. The molecule has 0 radical (unpaired) electrons. The van der Waals surface area contributed by atoms with Crippen molar-refractivity contribution in [3.05, 3.63) is 0 Å². The van der Waals surface area contributed by atoms with Crippen LogP contribution in [-0.4, -0.2) is 45.8 Å². The first-order chi connectivity index (χ1) is 8.62. The molecule has 0 aliphatic carbocycles. The molecular formula is C12H28N2O2S2. The number of rotatable bonds is 13. The maximum atomic E-state index is 11.6. The summed E-state index contributed by atoms with van der Waals surface area (Å²) in [7, 11) is -3.04. The van der Waals surface area contributed by atoms with E-state index < -0.39 is 10.0 Å². The predicted octanol–water partition coefficient (Wildman–Crippen LogP) is 1.83. The van der Waals surface area contributed by atoms with Crippen LogP contribution in [0.25, 0.3) is 0 Å². The Morgan fingerprint density at radius 1 is 1.00 bits per heavy atom. The molecular weight excluding hydrogens is 268 g/mol. The second-order valence-electron chi connectivity index (χ2n) is 4.33. The van der Waals surface area contributed by atoms with E-state index in [9.17, 15) is 8.42 Å². The van der Waals surface area contributed by atoms with E-state index in [1.807, 2.05) is 11.8 Å². The molecule has 18 heavy (non-hydrogen) atoms. The number of hydrogen-bond acceptors (Lipinski definition) is 4. The Hall–Kier alpha value is 0.220. The summed E-state index contributed by atoms with van der Waals surface area (Å²) in [6.07, 6.45) is 6.96. The van der Waals surface area contributed by atoms with Crippen LogP contribution in [0.15, 0.2) is 0 Å². The van der Waals surface area contributed by atoms with Crippen LogP contribution in [-0.2, 0) is 10.0 Å². The highest BCUT2D eigenvalue weighted by molar-refractivity contribution is 7.98. The lowest BCUT2D eigenvalue weighted by atomic mass is 10.2. The molecule has 0 rings (SSSR count). The third kappa shape index (κ3) is 12.7. The zero-order chi connectivity index (χ0) is 13.7. The molecule has 0 aliphatic heterocycles. The molecule has 2 N–H and O–H groups in total. The van der Waals surface area contributed by atoms with Gasteiger partial charge in [-0.2, -0.15) is 11.8 Å². The van der Waals surface area contributed by atoms with E-state index in [-0.39, 0.29) is 5.75 Å². The van der Waals surface area contributed by atoms with Gasteiger partial charge in [0.15, 0.2) is 0 Å². The number of nitrogens with one attached hydrogen (secondary N) is 2. The van der Waals surface area contributed by atoms with Gasteiger partial charge in [0.2, 0.25) is 10.0 Å². The van der Waals surface area contributed by atoms with E-state index in [1.165, 1.54) is 6.42 Å². The topological polar surface area (TPSA) is 58.2 Å². The van der Waals surface area contributed by atoms with E-state index >= 15 is 0 Å². The minimum atomic E-state index is -3.04. The molecule has 0 heterocycles. The van der Waals surface area contributed by atoms with Crippen LogP contribution in [0, 0.1) is 0 Å². The first-order valence-electron chi connectivity index (χ1n) is 6.79. The Morgan fingerprint density at radius 2 is 1.72 bits per heavy atom. The van der Waals surface area contributed by atoms with Crippen molar-refractivity contribution in [2.45, 2.75) is 39.0 Å². The maximum Gasteiger partial charge on any atom is 0.211 e. The SMILES string of the molecule is CCNCCCCS(=O)(=O)NCCCCCSC. The van der Waals surface area contributed by atoms with E-state index in [2.05, 4.69) is 23.2 Å². The zero-order valence-electron chi connectivity index (χ0n) is 11.7. The van der Waals surface area contributed by atoms with Crippen LogP contribution in [0.4, 0.5) is 0 Å². The summed E-state index contributed by atoms with van der Waals surface area (Å²) in [5.74, 6) is 1.42. The average molecular weight is 297 g/mol. The Morgan fingerprint density at radius 3 is 2.39 bits per heavy atom. The van der Waals surface area contributed by atoms with Gasteiger partial charge in [0, 0.05) is 6.54 Å². The lowest BCUT2D eigenvalue weighted by Crippen LogP contribution is -2.27. The van der Waals surface area contributed by atoms with Crippen molar-refractivity contribution in [2.75, 3.05) is 37.4 Å². The Kier molecular flexibility index (Phi) is 12.4. The van der Waals surface area contributed by atoms with E-state index in [0.717, 1.165) is 44.5 Å². The fraction of sp³-hybridized carbons (Fsp3) is 1.00. The molecule has 0 atom stereocenters. The summed E-state index contributed by atoms with van der Waals surface area (Å²) >= 11 is 1.84. The fourth-order valence-electron chi connectivity index (χ4n) is 1.57. The monoisotopic (exact) mass is 296 g/mol. The summed E-state index contributed by atoms with van der Waals surface area (Å²) < 4.78 is 25.9. The highest BCUT2D eigenvalue weighted by Gasteiger charge is 2.08. The van der Waals surface area contributed by atoms with Gasteiger partial charge < -0.3 is 5.32 Å². The Bertz CT molecular complexity index is 269. The van der Waals surface area contributed by atoms with E-state index in [4.69, 9.17) is 0 Å². The second kappa shape index (κ2) is 12.3. The van der Waals surface area contributed by atoms with E-state index in [0.29, 0.717) is 6.54 Å². The molecule has 0 spiro atoms. The smallest absolute Gasteiger partial charge is 0.211 e. The van der Waals surface area contributed by atoms with Crippen molar-refractivity contribution >= 4 is 21.8 Å². The van der Waals surface area contributed by atoms with Crippen molar-refractivity contribution in [3.63, 3.8) is 0 Å². The molecule has 0 aliphatic rings. The molecule has 0 aromatic heterocycles. The van der Waals surface area contributed by atoms with Gasteiger partial charge >= 0.3 is 0 Å². The number of sulfonamides is 1. The third-order valence-corrected chi connectivity index (χ3v) is 4.78. The van der Waals surface area contributed by atoms with Crippen molar-refractivity contribution in [3.8, 4) is 0 Å². The largest absolute Gasteiger partial charge is 0.317 e. The molecule has 0 aromatic rings. The predicted molar refractivity (Wildman–Crippen MR) is 81.8 cm³/mol. The molecule has 6 heteroatoms. The average Bonchev–Trinajstić information content (AvgIpc) is 2.33. The maximum absolute atomic E-state index is 11.6. The molecule has 0 bridgehead atoms. The van der Waals surface area contributed by atoms with Crippen LogP contribution in [0.2, 0.25) is 0 Å². The number of unbranched alkanes of at least 4 members (excludes halogenated alkanes) is 3. The molecule has 0 unspecified atom stereocenters. The van der Waals surface area contributed by atoms with Gasteiger partial charge in [-0.05, 0) is 50.8 Å². The van der Waals surface area contributed by atoms with Crippen molar-refractivity contribution in [2.24, 2.45) is 0 Å². The number of hydrogen-bond donors (Lipinski definition) is 2. The van der Waals surface area contributed by atoms with Crippen LogP contribution in [0.1, 0.15) is 39.0 Å². The van der Waals surface area contributed by atoms with Crippen LogP contribution < -0.4 is 10.0 Å². The summed E-state index contributed by atoms with van der Waals surface area (Å²) in [5.41, 5.74) is 0. The lowest BCUT2D eigenvalue weighted by Gasteiger charge is -2.06. The molecule has 0 saturated carbocycles. The summed E-state index contributed by atoms with van der Waals surface area (Å²) in [5, 5.41) is 3.19. The van der Waals surface area contributed by atoms with Gasteiger partial charge in [0.1, 0.15) is 0 Å². The highest BCUT2D eigenvalue weighted by Crippen LogP contribution is 2.02. The van der Waals surface area contributed by atoms with E-state index in [1.54, 1.807) is 0 Å². The van der Waals surface area contributed by atoms with Crippen LogP contribution in [0.5, 0.6) is 0 Å². The summed E-state index contributed by atoms with van der Waals surface area (Å²) in [6, 6.07) is 0. The van der Waals surface area contributed by atoms with Crippen molar-refractivity contribution < 1.29 is 8.42 Å². The minimum absolute atomic E-state index is 0.253. The van der Waals surface area contributed by atoms with Crippen molar-refractivity contribution in [1.29, 1.82) is 0 Å². The first-order valence-corrected chi connectivity index (χ1v) is 9.84. The van der Waals surface area contributed by atoms with Crippen LogP contribution >= 0.6 is 11.8 Å². The zero-order valence-corrected chi connectivity index (χ0v) is 13.3. The number of thioether (sulfide) groups is 1. The molecule has 0 aromatic carbocycles. The summed E-state index contributed by atoms with van der Waals surface area (Å²) in [6.45, 7) is 4.49. The minimum Gasteiger partial charge on any atom is -0.317 e. The van der Waals surface area contributed by atoms with Gasteiger partial charge in [0.05, 0.1) is 5.75 Å². The second-order valence-corrected chi connectivity index (χ2v) is 7.24. The quantitative estimate of drug-likeness (QED) is 0.509. The van der Waals surface area contributed by atoms with Gasteiger partial charge in [-0.3, -0.25) is 0 Å². The molecule has 110 valence electrons. The molecule has 4 nitrogen and oxygen atoms in total. The first kappa shape index (κ1) is 18.2. The fourth-order valence-corrected chi connectivity index (χ4v) is 3.24. The Balaban J connectivity index is 3.43. The molecule has 0 fully saturated rings. The third-order valence-electron chi connectivity index (χ3n) is 2.61. The standard InChI is InChI=1S/C12H28N2O2S2/c1-3-13-9-6-8-12-18(15,16)14-10-5-4-7-11-17-2/h13-14H,3-12H2,1-2H3. The Labute approximate surface area is 117 Å². The van der Waals surface area contributed by atoms with Gasteiger partial charge in [0.25, 0.3) is 0 Å².